The van der Waals surface area contributed by atoms with Crippen molar-refractivity contribution in [2.75, 3.05) is 32.9 Å². The van der Waals surface area contributed by atoms with Crippen LogP contribution in [0.1, 0.15) is 55.4 Å². The maximum Gasteiger partial charge on any atom is 0.308 e. The predicted molar refractivity (Wildman–Crippen MR) is 139 cm³/mol. The van der Waals surface area contributed by atoms with Crippen molar-refractivity contribution in [2.45, 2.75) is 51.9 Å². The van der Waals surface area contributed by atoms with Crippen molar-refractivity contribution >= 4 is 29.2 Å². The van der Waals surface area contributed by atoms with Crippen LogP contribution in [0.25, 0.3) is 0 Å². The molecule has 0 aliphatic carbocycles. The van der Waals surface area contributed by atoms with Crippen molar-refractivity contribution in [1.82, 2.24) is 5.32 Å². The summed E-state index contributed by atoms with van der Waals surface area (Å²) in [5.74, 6) is -0.802. The van der Waals surface area contributed by atoms with Crippen molar-refractivity contribution in [3.8, 4) is 11.5 Å². The molecule has 0 radical (unpaired) electrons. The van der Waals surface area contributed by atoms with E-state index in [0.29, 0.717) is 48.6 Å². The maximum absolute atomic E-state index is 11.4. The van der Waals surface area contributed by atoms with E-state index in [-0.39, 0.29) is 23.6 Å². The Bertz CT molecular complexity index is 938. The quantitative estimate of drug-likeness (QED) is 0.130. The Labute approximate surface area is 222 Å². The number of unbranched alkanes of at least 4 members (excludes halogenated alkanes) is 3. The van der Waals surface area contributed by atoms with E-state index in [1.54, 1.807) is 18.2 Å². The number of phenols is 1. The minimum absolute atomic E-state index is 0.00244. The van der Waals surface area contributed by atoms with Crippen molar-refractivity contribution in [1.29, 1.82) is 0 Å². The molecular formula is C26H35Cl2NO7. The summed E-state index contributed by atoms with van der Waals surface area (Å²) in [5, 5.41) is 34.3. The van der Waals surface area contributed by atoms with Gasteiger partial charge in [0.15, 0.2) is 0 Å². The molecule has 0 saturated heterocycles. The van der Waals surface area contributed by atoms with Gasteiger partial charge >= 0.3 is 5.97 Å². The number of hydrogen-bond acceptors (Lipinski definition) is 8. The van der Waals surface area contributed by atoms with E-state index in [9.17, 15) is 20.1 Å². The molecule has 2 rings (SSSR count). The maximum atomic E-state index is 11.4. The van der Waals surface area contributed by atoms with E-state index in [0.717, 1.165) is 31.2 Å². The number of aliphatic hydroxyl groups excluding tert-OH is 2. The molecule has 2 aromatic carbocycles. The minimum Gasteiger partial charge on any atom is -0.507 e. The van der Waals surface area contributed by atoms with E-state index in [1.165, 1.54) is 19.1 Å². The first-order valence-electron chi connectivity index (χ1n) is 12.0. The molecule has 0 bridgehead atoms. The number of aliphatic hydroxyl groups is 2. The van der Waals surface area contributed by atoms with Gasteiger partial charge in [0.2, 0.25) is 0 Å². The first-order valence-corrected chi connectivity index (χ1v) is 12.7. The molecule has 1 atom stereocenters. The van der Waals surface area contributed by atoms with Gasteiger partial charge in [-0.3, -0.25) is 4.79 Å². The minimum atomic E-state index is -0.963. The second-order valence-corrected chi connectivity index (χ2v) is 9.05. The van der Waals surface area contributed by atoms with Crippen LogP contribution in [0, 0.1) is 0 Å². The number of aromatic hydroxyl groups is 1. The number of esters is 1. The molecule has 0 saturated carbocycles. The van der Waals surface area contributed by atoms with E-state index in [1.807, 2.05) is 0 Å². The Hall–Kier alpha value is -1.91. The van der Waals surface area contributed by atoms with Gasteiger partial charge in [0.1, 0.15) is 11.5 Å². The first-order chi connectivity index (χ1) is 17.3. The van der Waals surface area contributed by atoms with Crippen molar-refractivity contribution in [2.24, 2.45) is 0 Å². The predicted octanol–water partition coefficient (Wildman–Crippen LogP) is 4.53. The van der Waals surface area contributed by atoms with Crippen LogP contribution in [0.2, 0.25) is 10.0 Å². The van der Waals surface area contributed by atoms with Gasteiger partial charge in [-0.1, -0.05) is 42.1 Å². The molecule has 4 N–H and O–H groups in total. The third kappa shape index (κ3) is 10.2. The molecule has 0 fully saturated rings. The summed E-state index contributed by atoms with van der Waals surface area (Å²) in [6.07, 6.45) is 2.95. The molecule has 0 heterocycles. The molecular weight excluding hydrogens is 509 g/mol. The zero-order valence-corrected chi connectivity index (χ0v) is 22.0. The number of hydrogen-bond donors (Lipinski definition) is 4. The smallest absolute Gasteiger partial charge is 0.308 e. The fourth-order valence-electron chi connectivity index (χ4n) is 3.54. The topological polar surface area (TPSA) is 117 Å². The lowest BCUT2D eigenvalue weighted by Gasteiger charge is -2.18. The summed E-state index contributed by atoms with van der Waals surface area (Å²) in [6.45, 7) is 3.64. The van der Waals surface area contributed by atoms with Gasteiger partial charge in [0, 0.05) is 41.2 Å². The van der Waals surface area contributed by atoms with Gasteiger partial charge in [-0.25, -0.2) is 0 Å². The summed E-state index contributed by atoms with van der Waals surface area (Å²) in [6, 6.07) is 8.21. The van der Waals surface area contributed by atoms with Crippen LogP contribution in [-0.2, 0) is 27.5 Å². The van der Waals surface area contributed by atoms with Crippen LogP contribution in [0.5, 0.6) is 11.5 Å². The van der Waals surface area contributed by atoms with E-state index in [4.69, 9.17) is 37.4 Å². The summed E-state index contributed by atoms with van der Waals surface area (Å²) in [7, 11) is 0. The van der Waals surface area contributed by atoms with Crippen LogP contribution < -0.4 is 10.1 Å². The lowest BCUT2D eigenvalue weighted by molar-refractivity contribution is -0.132. The molecule has 8 nitrogen and oxygen atoms in total. The number of carbonyl (C=O) groups is 1. The van der Waals surface area contributed by atoms with Crippen LogP contribution in [0.15, 0.2) is 30.3 Å². The lowest BCUT2D eigenvalue weighted by atomic mass is 10.0. The van der Waals surface area contributed by atoms with Gasteiger partial charge in [-0.2, -0.15) is 0 Å². The number of carbonyl (C=O) groups excluding carboxylic acids is 1. The van der Waals surface area contributed by atoms with Crippen LogP contribution in [0.4, 0.5) is 0 Å². The van der Waals surface area contributed by atoms with Gasteiger partial charge in [-0.05, 0) is 43.7 Å². The van der Waals surface area contributed by atoms with Gasteiger partial charge in [0.25, 0.3) is 0 Å². The Morgan fingerprint density at radius 3 is 2.36 bits per heavy atom. The molecule has 0 aliphatic rings. The largest absolute Gasteiger partial charge is 0.507 e. The summed E-state index contributed by atoms with van der Waals surface area (Å²) in [4.78, 5) is 11.4. The highest BCUT2D eigenvalue weighted by molar-refractivity contribution is 6.35. The van der Waals surface area contributed by atoms with E-state index < -0.39 is 18.7 Å². The van der Waals surface area contributed by atoms with Crippen LogP contribution >= 0.6 is 23.2 Å². The average Bonchev–Trinajstić information content (AvgIpc) is 2.83. The van der Waals surface area contributed by atoms with Crippen LogP contribution in [-0.4, -0.2) is 54.2 Å². The molecule has 0 amide bonds. The summed E-state index contributed by atoms with van der Waals surface area (Å²) in [5.41, 5.74) is 1.18. The first kappa shape index (κ1) is 30.3. The Balaban J connectivity index is 1.53. The number of nitrogens with one attached hydrogen (secondary N) is 1. The molecule has 0 aliphatic heterocycles. The SMILES string of the molecule is CC(=O)Oc1c([C@@H](O)CNCCCCCCOCCOCc2c(Cl)cccc2Cl)ccc(O)c1CO. The van der Waals surface area contributed by atoms with Crippen LogP contribution in [0.3, 0.4) is 0 Å². The van der Waals surface area contributed by atoms with Crippen molar-refractivity contribution < 1.29 is 34.3 Å². The standard InChI is InChI=1S/C26H35Cl2NO7/c1-18(31)36-26-19(9-10-24(32)20(26)16-30)25(33)15-29-11-4-2-3-5-12-34-13-14-35-17-21-22(27)7-6-8-23(21)28/h6-10,25,29-30,32-33H,2-5,11-17H2,1H3/t25-/m0/s1. The zero-order valence-electron chi connectivity index (χ0n) is 20.5. The monoisotopic (exact) mass is 543 g/mol. The number of rotatable bonds is 17. The molecule has 0 spiro atoms. The lowest BCUT2D eigenvalue weighted by Crippen LogP contribution is -2.23. The second-order valence-electron chi connectivity index (χ2n) is 8.23. The molecule has 0 unspecified atom stereocenters. The van der Waals surface area contributed by atoms with Gasteiger partial charge in [0.05, 0.1) is 38.1 Å². The Morgan fingerprint density at radius 1 is 0.972 bits per heavy atom. The van der Waals surface area contributed by atoms with Gasteiger partial charge < -0.3 is 34.8 Å². The summed E-state index contributed by atoms with van der Waals surface area (Å²) >= 11 is 12.2. The highest BCUT2D eigenvalue weighted by Crippen LogP contribution is 2.35. The number of ether oxygens (including phenoxy) is 3. The molecule has 2 aromatic rings. The molecule has 36 heavy (non-hydrogen) atoms. The molecule has 200 valence electrons. The fraction of sp³-hybridized carbons (Fsp3) is 0.500. The number of benzene rings is 2. The van der Waals surface area contributed by atoms with Crippen molar-refractivity contribution in [3.63, 3.8) is 0 Å². The Morgan fingerprint density at radius 2 is 1.67 bits per heavy atom. The van der Waals surface area contributed by atoms with Gasteiger partial charge in [-0.15, -0.1) is 0 Å². The normalized spacial score (nSPS) is 12.0. The second kappa shape index (κ2) is 16.8. The Kier molecular flexibility index (Phi) is 14.1. The zero-order chi connectivity index (χ0) is 26.3. The third-order valence-corrected chi connectivity index (χ3v) is 6.15. The number of halogens is 2. The fourth-order valence-corrected chi connectivity index (χ4v) is 4.04. The summed E-state index contributed by atoms with van der Waals surface area (Å²) < 4.78 is 16.3. The third-order valence-electron chi connectivity index (χ3n) is 5.44. The average molecular weight is 544 g/mol. The molecule has 10 heteroatoms. The molecule has 0 aromatic heterocycles. The van der Waals surface area contributed by atoms with Crippen molar-refractivity contribution in [3.05, 3.63) is 57.1 Å². The highest BCUT2D eigenvalue weighted by Gasteiger charge is 2.20. The van der Waals surface area contributed by atoms with E-state index >= 15 is 0 Å². The van der Waals surface area contributed by atoms with E-state index in [2.05, 4.69) is 5.32 Å². The highest BCUT2D eigenvalue weighted by atomic mass is 35.5.